The van der Waals surface area contributed by atoms with E-state index in [1.807, 2.05) is 0 Å². The molecule has 28 heavy (non-hydrogen) atoms. The van der Waals surface area contributed by atoms with Gasteiger partial charge in [0.15, 0.2) is 11.6 Å². The SMILES string of the molecule is CNS(=O)(=O)c1cccc(Nc2cc(Nc3ccc(OC)c(F)c3)ncn2)c1. The number of nitrogens with zero attached hydrogens (tertiary/aromatic N) is 2. The van der Waals surface area contributed by atoms with Gasteiger partial charge in [-0.1, -0.05) is 6.07 Å². The first-order chi connectivity index (χ1) is 13.4. The lowest BCUT2D eigenvalue weighted by atomic mass is 10.3. The summed E-state index contributed by atoms with van der Waals surface area (Å²) in [6.45, 7) is 0. The van der Waals surface area contributed by atoms with E-state index < -0.39 is 15.8 Å². The summed E-state index contributed by atoms with van der Waals surface area (Å²) in [6.07, 6.45) is 1.33. The Bertz CT molecular complexity index is 1090. The zero-order valence-corrected chi connectivity index (χ0v) is 15.9. The van der Waals surface area contributed by atoms with E-state index in [1.54, 1.807) is 24.3 Å². The first-order valence-corrected chi connectivity index (χ1v) is 9.63. The average Bonchev–Trinajstić information content (AvgIpc) is 2.69. The Morgan fingerprint density at radius 2 is 1.64 bits per heavy atom. The number of aromatic nitrogens is 2. The number of rotatable bonds is 7. The smallest absolute Gasteiger partial charge is 0.240 e. The number of nitrogens with one attached hydrogen (secondary N) is 3. The molecule has 0 radical (unpaired) electrons. The Balaban J connectivity index is 1.79. The van der Waals surface area contributed by atoms with Crippen LogP contribution >= 0.6 is 0 Å². The molecule has 0 spiro atoms. The number of benzene rings is 2. The van der Waals surface area contributed by atoms with E-state index in [2.05, 4.69) is 25.3 Å². The van der Waals surface area contributed by atoms with Crippen LogP contribution in [0.2, 0.25) is 0 Å². The highest BCUT2D eigenvalue weighted by Gasteiger charge is 2.12. The van der Waals surface area contributed by atoms with Gasteiger partial charge in [0.1, 0.15) is 18.0 Å². The summed E-state index contributed by atoms with van der Waals surface area (Å²) in [4.78, 5) is 8.33. The van der Waals surface area contributed by atoms with Crippen LogP contribution in [0.3, 0.4) is 0 Å². The molecule has 10 heteroatoms. The van der Waals surface area contributed by atoms with Crippen LogP contribution in [0.15, 0.2) is 59.8 Å². The van der Waals surface area contributed by atoms with E-state index in [4.69, 9.17) is 4.74 Å². The van der Waals surface area contributed by atoms with E-state index in [0.29, 0.717) is 23.0 Å². The largest absolute Gasteiger partial charge is 0.494 e. The predicted molar refractivity (Wildman–Crippen MR) is 104 cm³/mol. The van der Waals surface area contributed by atoms with Gasteiger partial charge in [-0.25, -0.2) is 27.5 Å². The van der Waals surface area contributed by atoms with E-state index >= 15 is 0 Å². The third kappa shape index (κ3) is 4.53. The molecule has 3 N–H and O–H groups in total. The Hall–Kier alpha value is -3.24. The van der Waals surface area contributed by atoms with Crippen molar-refractivity contribution in [2.75, 3.05) is 24.8 Å². The summed E-state index contributed by atoms with van der Waals surface area (Å²) in [5.74, 6) is 0.515. The van der Waals surface area contributed by atoms with Crippen LogP contribution in [0.25, 0.3) is 0 Å². The van der Waals surface area contributed by atoms with Gasteiger partial charge in [0.05, 0.1) is 12.0 Å². The molecule has 1 heterocycles. The second-order valence-corrected chi connectivity index (χ2v) is 7.51. The molecule has 0 unspecified atom stereocenters. The van der Waals surface area contributed by atoms with Crippen molar-refractivity contribution in [3.63, 3.8) is 0 Å². The van der Waals surface area contributed by atoms with Crippen LogP contribution in [0, 0.1) is 5.82 Å². The molecule has 0 saturated heterocycles. The van der Waals surface area contributed by atoms with E-state index in [0.717, 1.165) is 0 Å². The molecule has 0 atom stereocenters. The van der Waals surface area contributed by atoms with Crippen molar-refractivity contribution in [3.8, 4) is 5.75 Å². The van der Waals surface area contributed by atoms with Crippen LogP contribution < -0.4 is 20.1 Å². The second-order valence-electron chi connectivity index (χ2n) is 5.62. The molecule has 0 aliphatic carbocycles. The topological polar surface area (TPSA) is 105 Å². The van der Waals surface area contributed by atoms with E-state index in [9.17, 15) is 12.8 Å². The maximum absolute atomic E-state index is 13.8. The summed E-state index contributed by atoms with van der Waals surface area (Å²) in [5, 5.41) is 5.99. The summed E-state index contributed by atoms with van der Waals surface area (Å²) >= 11 is 0. The lowest BCUT2D eigenvalue weighted by Gasteiger charge is -2.10. The summed E-state index contributed by atoms with van der Waals surface area (Å²) < 4.78 is 44.8. The number of halogens is 1. The molecule has 3 rings (SSSR count). The molecule has 1 aromatic heterocycles. The fourth-order valence-corrected chi connectivity index (χ4v) is 3.17. The molecule has 0 aliphatic heterocycles. The lowest BCUT2D eigenvalue weighted by Crippen LogP contribution is -2.18. The molecule has 8 nitrogen and oxygen atoms in total. The van der Waals surface area contributed by atoms with Gasteiger partial charge >= 0.3 is 0 Å². The number of anilines is 4. The predicted octanol–water partition coefficient (Wildman–Crippen LogP) is 3.02. The molecule has 146 valence electrons. The average molecular weight is 403 g/mol. The van der Waals surface area contributed by atoms with Crippen molar-refractivity contribution >= 4 is 33.0 Å². The van der Waals surface area contributed by atoms with Gasteiger partial charge < -0.3 is 15.4 Å². The number of sulfonamides is 1. The third-order valence-corrected chi connectivity index (χ3v) is 5.19. The van der Waals surface area contributed by atoms with Gasteiger partial charge in [0.2, 0.25) is 10.0 Å². The molecule has 0 fully saturated rings. The van der Waals surface area contributed by atoms with Gasteiger partial charge in [-0.2, -0.15) is 0 Å². The van der Waals surface area contributed by atoms with Crippen molar-refractivity contribution < 1.29 is 17.5 Å². The van der Waals surface area contributed by atoms with Crippen LogP contribution in [0.5, 0.6) is 5.75 Å². The molecular weight excluding hydrogens is 385 g/mol. The minimum atomic E-state index is -3.55. The summed E-state index contributed by atoms with van der Waals surface area (Å²) in [6, 6.07) is 12.4. The Morgan fingerprint density at radius 1 is 0.964 bits per heavy atom. The van der Waals surface area contributed by atoms with Gasteiger partial charge in [-0.05, 0) is 37.4 Å². The minimum absolute atomic E-state index is 0.126. The van der Waals surface area contributed by atoms with E-state index in [-0.39, 0.29) is 10.6 Å². The Kier molecular flexibility index (Phi) is 5.71. The van der Waals surface area contributed by atoms with Crippen LogP contribution in [-0.2, 0) is 10.0 Å². The number of hydrogen-bond acceptors (Lipinski definition) is 7. The fourth-order valence-electron chi connectivity index (χ4n) is 2.39. The van der Waals surface area contributed by atoms with Gasteiger partial charge in [0, 0.05) is 23.5 Å². The Labute approximate surface area is 161 Å². The van der Waals surface area contributed by atoms with Gasteiger partial charge in [0.25, 0.3) is 0 Å². The lowest BCUT2D eigenvalue weighted by molar-refractivity contribution is 0.386. The van der Waals surface area contributed by atoms with Crippen molar-refractivity contribution in [1.29, 1.82) is 0 Å². The normalized spacial score (nSPS) is 11.1. The van der Waals surface area contributed by atoms with Crippen LogP contribution in [0.1, 0.15) is 0 Å². The third-order valence-electron chi connectivity index (χ3n) is 3.78. The zero-order valence-electron chi connectivity index (χ0n) is 15.1. The molecule has 0 saturated carbocycles. The maximum atomic E-state index is 13.8. The molecule has 0 bridgehead atoms. The van der Waals surface area contributed by atoms with E-state index in [1.165, 1.54) is 44.8 Å². The van der Waals surface area contributed by atoms with Crippen LogP contribution in [-0.4, -0.2) is 32.5 Å². The van der Waals surface area contributed by atoms with Crippen LogP contribution in [0.4, 0.5) is 27.4 Å². The highest BCUT2D eigenvalue weighted by Crippen LogP contribution is 2.24. The zero-order chi connectivity index (χ0) is 20.1. The first kappa shape index (κ1) is 19.5. The first-order valence-electron chi connectivity index (χ1n) is 8.14. The van der Waals surface area contributed by atoms with Crippen molar-refractivity contribution in [3.05, 3.63) is 60.7 Å². The highest BCUT2D eigenvalue weighted by molar-refractivity contribution is 7.89. The standard InChI is InChI=1S/C18H18FN5O3S/c1-20-28(25,26)14-5-3-4-12(8-14)23-17-10-18(22-11-21-17)24-13-6-7-16(27-2)15(19)9-13/h3-11,20H,1-2H3,(H2,21,22,23,24). The quantitative estimate of drug-likeness (QED) is 0.557. The number of hydrogen-bond donors (Lipinski definition) is 3. The summed E-state index contributed by atoms with van der Waals surface area (Å²) in [5.41, 5.74) is 1.03. The Morgan fingerprint density at radius 3 is 2.25 bits per heavy atom. The summed E-state index contributed by atoms with van der Waals surface area (Å²) in [7, 11) is -0.812. The molecule has 0 aliphatic rings. The van der Waals surface area contributed by atoms with Gasteiger partial charge in [-0.15, -0.1) is 0 Å². The van der Waals surface area contributed by atoms with Crippen molar-refractivity contribution in [2.45, 2.75) is 4.90 Å². The second kappa shape index (κ2) is 8.19. The molecule has 2 aromatic carbocycles. The molecular formula is C18H18FN5O3S. The fraction of sp³-hybridized carbons (Fsp3) is 0.111. The van der Waals surface area contributed by atoms with Gasteiger partial charge in [-0.3, -0.25) is 0 Å². The van der Waals surface area contributed by atoms with Crippen molar-refractivity contribution in [2.24, 2.45) is 0 Å². The number of ether oxygens (including phenoxy) is 1. The number of methoxy groups -OCH3 is 1. The minimum Gasteiger partial charge on any atom is -0.494 e. The van der Waals surface area contributed by atoms with Crippen molar-refractivity contribution in [1.82, 2.24) is 14.7 Å². The monoisotopic (exact) mass is 403 g/mol. The molecule has 3 aromatic rings. The highest BCUT2D eigenvalue weighted by atomic mass is 32.2. The maximum Gasteiger partial charge on any atom is 0.240 e. The molecule has 0 amide bonds.